The number of anilines is 2. The molecule has 1 aliphatic carbocycles. The van der Waals surface area contributed by atoms with Crippen LogP contribution in [0.3, 0.4) is 0 Å². The van der Waals surface area contributed by atoms with E-state index in [9.17, 15) is 4.79 Å². The summed E-state index contributed by atoms with van der Waals surface area (Å²) in [6.45, 7) is 2.19. The minimum Gasteiger partial charge on any atom is -0.366 e. The van der Waals surface area contributed by atoms with Crippen LogP contribution in [-0.2, 0) is 0 Å². The number of halogens is 1. The lowest BCUT2D eigenvalue weighted by molar-refractivity contribution is 0.102. The van der Waals surface area contributed by atoms with Crippen molar-refractivity contribution in [1.82, 2.24) is 10.3 Å². The third-order valence-electron chi connectivity index (χ3n) is 5.48. The van der Waals surface area contributed by atoms with E-state index in [4.69, 9.17) is 11.6 Å². The lowest BCUT2D eigenvalue weighted by Crippen LogP contribution is -2.46. The molecule has 4 rings (SSSR count). The molecule has 136 valence electrons. The molecule has 1 aliphatic heterocycles. The van der Waals surface area contributed by atoms with Crippen LogP contribution in [0, 0.1) is 11.8 Å². The van der Waals surface area contributed by atoms with Gasteiger partial charge in [0.2, 0.25) is 0 Å². The maximum absolute atomic E-state index is 12.7. The summed E-state index contributed by atoms with van der Waals surface area (Å²) in [5.41, 5.74) is 1.23. The Kier molecular flexibility index (Phi) is 5.09. The molecule has 3 N–H and O–H groups in total. The van der Waals surface area contributed by atoms with E-state index in [2.05, 4.69) is 20.9 Å². The van der Waals surface area contributed by atoms with Crippen molar-refractivity contribution in [3.8, 4) is 0 Å². The number of amides is 1. The van der Waals surface area contributed by atoms with Crippen molar-refractivity contribution < 1.29 is 4.79 Å². The van der Waals surface area contributed by atoms with Gasteiger partial charge in [0.1, 0.15) is 5.82 Å². The molecule has 0 bridgehead atoms. The average Bonchev–Trinajstić information content (AvgIpc) is 2.81. The molecule has 2 fully saturated rings. The smallest absolute Gasteiger partial charge is 0.259 e. The van der Waals surface area contributed by atoms with Gasteiger partial charge in [0.15, 0.2) is 0 Å². The summed E-state index contributed by atoms with van der Waals surface area (Å²) in [7, 11) is 0. The molecule has 5 nitrogen and oxygen atoms in total. The Hall–Kier alpha value is -2.11. The summed E-state index contributed by atoms with van der Waals surface area (Å²) in [6, 6.07) is 11.1. The third-order valence-corrected chi connectivity index (χ3v) is 5.72. The van der Waals surface area contributed by atoms with Crippen molar-refractivity contribution in [2.75, 3.05) is 23.7 Å². The Balaban J connectivity index is 1.47. The van der Waals surface area contributed by atoms with E-state index in [1.54, 1.807) is 30.5 Å². The van der Waals surface area contributed by atoms with Crippen LogP contribution < -0.4 is 16.0 Å². The van der Waals surface area contributed by atoms with Gasteiger partial charge in [-0.25, -0.2) is 4.98 Å². The maximum atomic E-state index is 12.7. The van der Waals surface area contributed by atoms with Crippen molar-refractivity contribution in [2.45, 2.75) is 25.3 Å². The Bertz CT molecular complexity index is 797. The summed E-state index contributed by atoms with van der Waals surface area (Å²) in [5, 5.41) is 10.5. The van der Waals surface area contributed by atoms with E-state index in [1.165, 1.54) is 12.8 Å². The molecule has 1 saturated heterocycles. The van der Waals surface area contributed by atoms with Gasteiger partial charge in [-0.15, -0.1) is 0 Å². The van der Waals surface area contributed by atoms with Gasteiger partial charge in [0.05, 0.1) is 5.56 Å². The van der Waals surface area contributed by atoms with E-state index in [1.807, 2.05) is 12.1 Å². The number of aromatic nitrogens is 1. The van der Waals surface area contributed by atoms with Crippen molar-refractivity contribution >= 4 is 29.0 Å². The van der Waals surface area contributed by atoms with Crippen LogP contribution in [0.2, 0.25) is 5.02 Å². The first-order valence-corrected chi connectivity index (χ1v) is 9.58. The highest BCUT2D eigenvalue weighted by atomic mass is 35.5. The van der Waals surface area contributed by atoms with Crippen molar-refractivity contribution in [3.63, 3.8) is 0 Å². The lowest BCUT2D eigenvalue weighted by atomic mass is 9.66. The molecule has 1 aromatic carbocycles. The van der Waals surface area contributed by atoms with Gasteiger partial charge in [-0.2, -0.15) is 0 Å². The Morgan fingerprint density at radius 1 is 1.19 bits per heavy atom. The van der Waals surface area contributed by atoms with Crippen molar-refractivity contribution in [2.24, 2.45) is 11.8 Å². The topological polar surface area (TPSA) is 66.0 Å². The number of benzene rings is 1. The third kappa shape index (κ3) is 3.69. The summed E-state index contributed by atoms with van der Waals surface area (Å²) in [6.07, 6.45) is 5.30. The number of carbonyl (C=O) groups excluding carboxylic acids is 1. The number of fused-ring (bicyclic) bond motifs is 1. The van der Waals surface area contributed by atoms with Crippen LogP contribution in [0.5, 0.6) is 0 Å². The molecule has 26 heavy (non-hydrogen) atoms. The predicted molar refractivity (Wildman–Crippen MR) is 105 cm³/mol. The Morgan fingerprint density at radius 2 is 2.08 bits per heavy atom. The number of hydrogen-bond acceptors (Lipinski definition) is 4. The first-order chi connectivity index (χ1) is 12.7. The number of nitrogens with zero attached hydrogens (tertiary/aromatic N) is 1. The minimum absolute atomic E-state index is 0.179. The van der Waals surface area contributed by atoms with Gasteiger partial charge >= 0.3 is 0 Å². The highest BCUT2D eigenvalue weighted by Gasteiger charge is 2.41. The first kappa shape index (κ1) is 17.3. The number of rotatable bonds is 4. The molecular formula is C20H23ClN4O. The SMILES string of the molecule is O=C(Nc1cccc(Cl)c1)c1cccnc1NC1CC2CCNCCC21. The number of carbonyl (C=O) groups is 1. The van der Waals surface area contributed by atoms with Gasteiger partial charge < -0.3 is 16.0 Å². The molecule has 6 heteroatoms. The van der Waals surface area contributed by atoms with Crippen molar-refractivity contribution in [3.05, 3.63) is 53.2 Å². The van der Waals surface area contributed by atoms with Crippen molar-refractivity contribution in [1.29, 1.82) is 0 Å². The second-order valence-corrected chi connectivity index (χ2v) is 7.54. The number of nitrogens with one attached hydrogen (secondary N) is 3. The molecule has 2 heterocycles. The molecule has 0 radical (unpaired) electrons. The fourth-order valence-corrected chi connectivity index (χ4v) is 4.26. The van der Waals surface area contributed by atoms with E-state index in [0.29, 0.717) is 34.1 Å². The van der Waals surface area contributed by atoms with Gasteiger partial charge in [0.25, 0.3) is 5.91 Å². The summed E-state index contributed by atoms with van der Waals surface area (Å²) >= 11 is 6.00. The molecule has 0 spiro atoms. The zero-order valence-corrected chi connectivity index (χ0v) is 15.3. The van der Waals surface area contributed by atoms with E-state index < -0.39 is 0 Å². The predicted octanol–water partition coefficient (Wildman–Crippen LogP) is 3.79. The van der Waals surface area contributed by atoms with Gasteiger partial charge in [-0.05, 0) is 74.5 Å². The first-order valence-electron chi connectivity index (χ1n) is 9.20. The van der Waals surface area contributed by atoms with E-state index in [0.717, 1.165) is 25.4 Å². The molecule has 1 aromatic heterocycles. The molecule has 2 aromatic rings. The average molecular weight is 371 g/mol. The van der Waals surface area contributed by atoms with E-state index in [-0.39, 0.29) is 5.91 Å². The highest BCUT2D eigenvalue weighted by Crippen LogP contribution is 2.42. The molecule has 1 saturated carbocycles. The standard InChI is InChI=1S/C20H23ClN4O/c21-14-3-1-4-15(12-14)24-20(26)17-5-2-8-23-19(17)25-18-11-13-6-9-22-10-7-16(13)18/h1-5,8,12-13,16,18,22H,6-7,9-11H2,(H,23,25)(H,24,26). The van der Waals surface area contributed by atoms with Crippen LogP contribution in [0.25, 0.3) is 0 Å². The zero-order chi connectivity index (χ0) is 17.9. The highest BCUT2D eigenvalue weighted by molar-refractivity contribution is 6.31. The normalized spacial score (nSPS) is 24.7. The molecule has 3 unspecified atom stereocenters. The number of hydrogen-bond donors (Lipinski definition) is 3. The van der Waals surface area contributed by atoms with Crippen LogP contribution in [-0.4, -0.2) is 30.0 Å². The van der Waals surface area contributed by atoms with Gasteiger partial charge in [-0.3, -0.25) is 4.79 Å². The molecule has 3 atom stereocenters. The van der Waals surface area contributed by atoms with Crippen LogP contribution in [0.4, 0.5) is 11.5 Å². The monoisotopic (exact) mass is 370 g/mol. The Labute approximate surface area is 158 Å². The largest absolute Gasteiger partial charge is 0.366 e. The zero-order valence-electron chi connectivity index (χ0n) is 14.5. The summed E-state index contributed by atoms with van der Waals surface area (Å²) in [5.74, 6) is 1.93. The lowest BCUT2D eigenvalue weighted by Gasteiger charge is -2.44. The summed E-state index contributed by atoms with van der Waals surface area (Å²) in [4.78, 5) is 17.2. The quantitative estimate of drug-likeness (QED) is 0.766. The fourth-order valence-electron chi connectivity index (χ4n) is 4.07. The van der Waals surface area contributed by atoms with Crippen LogP contribution >= 0.6 is 11.6 Å². The maximum Gasteiger partial charge on any atom is 0.259 e. The molecule has 2 aliphatic rings. The molecular weight excluding hydrogens is 348 g/mol. The summed E-state index contributed by atoms with van der Waals surface area (Å²) < 4.78 is 0. The van der Waals surface area contributed by atoms with Crippen LogP contribution in [0.1, 0.15) is 29.6 Å². The molecule has 1 amide bonds. The van der Waals surface area contributed by atoms with Crippen LogP contribution in [0.15, 0.2) is 42.6 Å². The Morgan fingerprint density at radius 3 is 2.96 bits per heavy atom. The van der Waals surface area contributed by atoms with Gasteiger partial charge in [-0.1, -0.05) is 17.7 Å². The number of pyridine rings is 1. The fraction of sp³-hybridized carbons (Fsp3) is 0.400. The second-order valence-electron chi connectivity index (χ2n) is 7.10. The van der Waals surface area contributed by atoms with Gasteiger partial charge in [0, 0.05) is 22.9 Å². The second kappa shape index (κ2) is 7.64. The minimum atomic E-state index is -0.179. The van der Waals surface area contributed by atoms with E-state index >= 15 is 0 Å².